The summed E-state index contributed by atoms with van der Waals surface area (Å²) in [5.41, 5.74) is 9.99. The molecule has 160 valence electrons. The summed E-state index contributed by atoms with van der Waals surface area (Å²) in [6.07, 6.45) is 3.10. The molecule has 1 aliphatic rings. The van der Waals surface area contributed by atoms with Gasteiger partial charge in [0.05, 0.1) is 11.4 Å². The van der Waals surface area contributed by atoms with Crippen LogP contribution >= 0.6 is 11.6 Å². The van der Waals surface area contributed by atoms with Crippen LogP contribution in [0.4, 0.5) is 27.3 Å². The standard InChI is InChI=1S/C23H24ClFN6/c1-3-15-4-6-16(7-5-15)17-12-19(29-23-21(26)22(24)27-14-28-23)20(13-18(17)25)31-10-8-30(2)9-11-31/h3-7,12-14H,1,8-11,26H2,2H3,(H,27,28,29). The van der Waals surface area contributed by atoms with Gasteiger partial charge in [0.25, 0.3) is 0 Å². The van der Waals surface area contributed by atoms with E-state index in [4.69, 9.17) is 17.3 Å². The number of benzene rings is 2. The molecule has 4 rings (SSSR count). The fourth-order valence-electron chi connectivity index (χ4n) is 3.59. The maximum absolute atomic E-state index is 15.3. The third-order valence-corrected chi connectivity index (χ3v) is 5.78. The number of nitrogens with zero attached hydrogens (tertiary/aromatic N) is 4. The normalized spacial score (nSPS) is 14.5. The molecule has 0 saturated carbocycles. The van der Waals surface area contributed by atoms with E-state index in [2.05, 4.69) is 38.7 Å². The van der Waals surface area contributed by atoms with Crippen LogP contribution in [0.25, 0.3) is 17.2 Å². The molecular formula is C23H24ClFN6. The lowest BCUT2D eigenvalue weighted by atomic mass is 10.0. The van der Waals surface area contributed by atoms with Crippen LogP contribution < -0.4 is 16.0 Å². The summed E-state index contributed by atoms with van der Waals surface area (Å²) in [5, 5.41) is 3.42. The van der Waals surface area contributed by atoms with Crippen LogP contribution in [0, 0.1) is 5.82 Å². The lowest BCUT2D eigenvalue weighted by molar-refractivity contribution is 0.313. The summed E-state index contributed by atoms with van der Waals surface area (Å²) in [6.45, 7) is 7.14. The SMILES string of the molecule is C=Cc1ccc(-c2cc(Nc3ncnc(Cl)c3N)c(N3CCN(C)CC3)cc2F)cc1. The molecule has 8 heteroatoms. The highest BCUT2D eigenvalue weighted by Gasteiger charge is 2.21. The lowest BCUT2D eigenvalue weighted by Gasteiger charge is -2.35. The maximum Gasteiger partial charge on any atom is 0.158 e. The molecule has 0 atom stereocenters. The Hall–Kier alpha value is -3.16. The van der Waals surface area contributed by atoms with Gasteiger partial charge in [0.2, 0.25) is 0 Å². The fourth-order valence-corrected chi connectivity index (χ4v) is 3.73. The molecule has 2 heterocycles. The van der Waals surface area contributed by atoms with Gasteiger partial charge in [-0.1, -0.05) is 48.5 Å². The van der Waals surface area contributed by atoms with Gasteiger partial charge >= 0.3 is 0 Å². The van der Waals surface area contributed by atoms with Gasteiger partial charge in [-0.2, -0.15) is 0 Å². The molecule has 1 aromatic heterocycles. The molecular weight excluding hydrogens is 415 g/mol. The van der Waals surface area contributed by atoms with Crippen molar-refractivity contribution in [3.63, 3.8) is 0 Å². The first-order chi connectivity index (χ1) is 15.0. The van der Waals surface area contributed by atoms with E-state index in [0.29, 0.717) is 17.1 Å². The van der Waals surface area contributed by atoms with Crippen molar-refractivity contribution in [2.75, 3.05) is 49.2 Å². The lowest BCUT2D eigenvalue weighted by Crippen LogP contribution is -2.44. The van der Waals surface area contributed by atoms with E-state index in [9.17, 15) is 0 Å². The summed E-state index contributed by atoms with van der Waals surface area (Å²) < 4.78 is 15.3. The average Bonchev–Trinajstić information content (AvgIpc) is 2.78. The molecule has 0 aliphatic carbocycles. The molecule has 0 spiro atoms. The molecule has 1 aliphatic heterocycles. The van der Waals surface area contributed by atoms with E-state index in [0.717, 1.165) is 43.0 Å². The van der Waals surface area contributed by atoms with E-state index >= 15 is 4.39 Å². The number of nitrogen functional groups attached to an aromatic ring is 1. The van der Waals surface area contributed by atoms with Crippen molar-refractivity contribution in [2.24, 2.45) is 0 Å². The third-order valence-electron chi connectivity index (χ3n) is 5.48. The molecule has 1 fully saturated rings. The Morgan fingerprint density at radius 3 is 2.52 bits per heavy atom. The first kappa shape index (κ1) is 21.1. The Balaban J connectivity index is 1.79. The Kier molecular flexibility index (Phi) is 6.06. The van der Waals surface area contributed by atoms with Crippen LogP contribution in [0.1, 0.15) is 5.56 Å². The molecule has 0 amide bonds. The summed E-state index contributed by atoms with van der Waals surface area (Å²) in [7, 11) is 2.08. The zero-order valence-corrected chi connectivity index (χ0v) is 18.0. The quantitative estimate of drug-likeness (QED) is 0.565. The third kappa shape index (κ3) is 4.47. The molecule has 3 N–H and O–H groups in total. The molecule has 3 aromatic rings. The Morgan fingerprint density at radius 1 is 1.13 bits per heavy atom. The number of halogens is 2. The number of aromatic nitrogens is 2. The predicted octanol–water partition coefficient (Wildman–Crippen LogP) is 4.66. The first-order valence-corrected chi connectivity index (χ1v) is 10.4. The molecule has 0 bridgehead atoms. The number of rotatable bonds is 5. The van der Waals surface area contributed by atoms with Gasteiger partial charge in [-0.25, -0.2) is 14.4 Å². The number of nitrogens with two attached hydrogens (primary N) is 1. The van der Waals surface area contributed by atoms with Gasteiger partial charge < -0.3 is 20.9 Å². The van der Waals surface area contributed by atoms with Crippen LogP contribution in [0.3, 0.4) is 0 Å². The van der Waals surface area contributed by atoms with Crippen molar-refractivity contribution in [3.05, 3.63) is 65.8 Å². The molecule has 0 radical (unpaired) electrons. The maximum atomic E-state index is 15.3. The van der Waals surface area contributed by atoms with Crippen molar-refractivity contribution in [1.29, 1.82) is 0 Å². The topological polar surface area (TPSA) is 70.3 Å². The van der Waals surface area contributed by atoms with Gasteiger partial charge in [-0.15, -0.1) is 0 Å². The number of piperazine rings is 1. The number of hydrogen-bond donors (Lipinski definition) is 2. The number of nitrogens with one attached hydrogen (secondary N) is 1. The van der Waals surface area contributed by atoms with E-state index in [1.54, 1.807) is 18.2 Å². The summed E-state index contributed by atoms with van der Waals surface area (Å²) in [4.78, 5) is 12.5. The van der Waals surface area contributed by atoms with Gasteiger partial charge in [-0.3, -0.25) is 0 Å². The van der Waals surface area contributed by atoms with Gasteiger partial charge in [0.1, 0.15) is 17.8 Å². The van der Waals surface area contributed by atoms with Crippen LogP contribution in [-0.4, -0.2) is 48.1 Å². The Labute approximate surface area is 186 Å². The minimum absolute atomic E-state index is 0.168. The van der Waals surface area contributed by atoms with E-state index < -0.39 is 0 Å². The zero-order valence-electron chi connectivity index (χ0n) is 17.3. The van der Waals surface area contributed by atoms with Gasteiger partial charge in [-0.05, 0) is 30.3 Å². The van der Waals surface area contributed by atoms with E-state index in [1.165, 1.54) is 6.33 Å². The fraction of sp³-hybridized carbons (Fsp3) is 0.217. The summed E-state index contributed by atoms with van der Waals surface area (Å²) in [6, 6.07) is 10.9. The second kappa shape index (κ2) is 8.91. The van der Waals surface area contributed by atoms with Crippen LogP contribution in [0.15, 0.2) is 49.3 Å². The molecule has 1 saturated heterocycles. The smallest absolute Gasteiger partial charge is 0.158 e. The molecule has 6 nitrogen and oxygen atoms in total. The highest BCUT2D eigenvalue weighted by Crippen LogP contribution is 2.37. The second-order valence-corrected chi connectivity index (χ2v) is 7.88. The summed E-state index contributed by atoms with van der Waals surface area (Å²) in [5.74, 6) is 0.0921. The monoisotopic (exact) mass is 438 g/mol. The van der Waals surface area contributed by atoms with Crippen molar-refractivity contribution < 1.29 is 4.39 Å². The minimum atomic E-state index is -0.292. The van der Waals surface area contributed by atoms with Crippen LogP contribution in [0.2, 0.25) is 5.15 Å². The average molecular weight is 439 g/mol. The van der Waals surface area contributed by atoms with Crippen molar-refractivity contribution in [3.8, 4) is 11.1 Å². The van der Waals surface area contributed by atoms with Crippen molar-refractivity contribution in [1.82, 2.24) is 14.9 Å². The minimum Gasteiger partial charge on any atom is -0.393 e. The highest BCUT2D eigenvalue weighted by atomic mass is 35.5. The molecule has 31 heavy (non-hydrogen) atoms. The van der Waals surface area contributed by atoms with Gasteiger partial charge in [0.15, 0.2) is 11.0 Å². The Bertz CT molecular complexity index is 1090. The predicted molar refractivity (Wildman–Crippen MR) is 126 cm³/mol. The van der Waals surface area contributed by atoms with Crippen molar-refractivity contribution >= 4 is 40.6 Å². The van der Waals surface area contributed by atoms with E-state index in [-0.39, 0.29) is 16.7 Å². The number of likely N-dealkylation sites (N-methyl/N-ethyl adjacent to an activating group) is 1. The van der Waals surface area contributed by atoms with Gasteiger partial charge in [0, 0.05) is 31.7 Å². The van der Waals surface area contributed by atoms with Crippen molar-refractivity contribution in [2.45, 2.75) is 0 Å². The van der Waals surface area contributed by atoms with Crippen LogP contribution in [-0.2, 0) is 0 Å². The number of hydrogen-bond acceptors (Lipinski definition) is 6. The highest BCUT2D eigenvalue weighted by molar-refractivity contribution is 6.32. The largest absolute Gasteiger partial charge is 0.393 e. The van der Waals surface area contributed by atoms with E-state index in [1.807, 2.05) is 24.3 Å². The zero-order chi connectivity index (χ0) is 22.0. The number of anilines is 4. The first-order valence-electron chi connectivity index (χ1n) is 9.99. The molecule has 2 aromatic carbocycles. The Morgan fingerprint density at radius 2 is 1.84 bits per heavy atom. The molecule has 0 unspecified atom stereocenters. The second-order valence-electron chi connectivity index (χ2n) is 7.52. The van der Waals surface area contributed by atoms with Crippen LogP contribution in [0.5, 0.6) is 0 Å². The summed E-state index contributed by atoms with van der Waals surface area (Å²) >= 11 is 6.07.